The molecule has 0 saturated carbocycles. The Kier molecular flexibility index (Phi) is 6.32. The summed E-state index contributed by atoms with van der Waals surface area (Å²) in [7, 11) is 0. The van der Waals surface area contributed by atoms with Gasteiger partial charge in [0.05, 0.1) is 5.69 Å². The number of carbonyl (C=O) groups is 1. The molecule has 0 aromatic heterocycles. The normalized spacial score (nSPS) is 11.8. The van der Waals surface area contributed by atoms with Crippen molar-refractivity contribution < 1.29 is 4.79 Å². The second-order valence-corrected chi connectivity index (χ2v) is 7.60. The molecule has 0 spiro atoms. The fourth-order valence-electron chi connectivity index (χ4n) is 3.71. The van der Waals surface area contributed by atoms with Gasteiger partial charge in [-0.15, -0.1) is 0 Å². The van der Waals surface area contributed by atoms with Crippen molar-refractivity contribution in [2.45, 2.75) is 46.0 Å². The van der Waals surface area contributed by atoms with Crippen molar-refractivity contribution in [3.05, 3.63) is 47.5 Å². The molecule has 1 aliphatic rings. The topological polar surface area (TPSA) is 49.6 Å². The van der Waals surface area contributed by atoms with Crippen LogP contribution in [0.5, 0.6) is 0 Å². The van der Waals surface area contributed by atoms with Crippen molar-refractivity contribution in [2.75, 3.05) is 22.3 Å². The smallest absolute Gasteiger partial charge is 0.329 e. The second kappa shape index (κ2) is 8.70. The highest BCUT2D eigenvalue weighted by molar-refractivity contribution is 7.82. The maximum atomic E-state index is 11.4. The van der Waals surface area contributed by atoms with Crippen LogP contribution in [-0.4, -0.2) is 19.1 Å². The molecule has 0 heterocycles. The summed E-state index contributed by atoms with van der Waals surface area (Å²) in [4.78, 5) is 13.9. The molecule has 0 aliphatic heterocycles. The Hall–Kier alpha value is -2.14. The lowest BCUT2D eigenvalue weighted by molar-refractivity contribution is 0.257. The van der Waals surface area contributed by atoms with Gasteiger partial charge in [0.1, 0.15) is 0 Å². The van der Waals surface area contributed by atoms with E-state index in [1.165, 1.54) is 57.9 Å². The number of urea groups is 1. The lowest BCUT2D eigenvalue weighted by Gasteiger charge is -2.25. The van der Waals surface area contributed by atoms with Crippen LogP contribution < -0.4 is 14.9 Å². The van der Waals surface area contributed by atoms with E-state index in [0.717, 1.165) is 19.5 Å². The Balaban J connectivity index is 1.86. The van der Waals surface area contributed by atoms with Crippen molar-refractivity contribution in [1.82, 2.24) is 0 Å². The quantitative estimate of drug-likeness (QED) is 0.512. The lowest BCUT2D eigenvalue weighted by Crippen LogP contribution is -2.27. The van der Waals surface area contributed by atoms with Gasteiger partial charge in [-0.05, 0) is 65.8 Å². The zero-order valence-corrected chi connectivity index (χ0v) is 17.1. The van der Waals surface area contributed by atoms with Gasteiger partial charge in [0, 0.05) is 18.8 Å². The summed E-state index contributed by atoms with van der Waals surface area (Å²) in [6.45, 7) is 6.71. The van der Waals surface area contributed by atoms with E-state index in [0.29, 0.717) is 5.69 Å². The summed E-state index contributed by atoms with van der Waals surface area (Å²) < 4.78 is 1.19. The minimum absolute atomic E-state index is 0.571. The molecule has 27 heavy (non-hydrogen) atoms. The number of carbonyl (C=O) groups excluding carboxylic acids is 1. The van der Waals surface area contributed by atoms with E-state index in [2.05, 4.69) is 55.8 Å². The van der Waals surface area contributed by atoms with Crippen LogP contribution in [0.2, 0.25) is 0 Å². The van der Waals surface area contributed by atoms with Gasteiger partial charge in [0.2, 0.25) is 0 Å². The minimum Gasteiger partial charge on any atom is -0.372 e. The van der Waals surface area contributed by atoms with Gasteiger partial charge in [-0.1, -0.05) is 51.6 Å². The lowest BCUT2D eigenvalue weighted by atomic mass is 10.0. The van der Waals surface area contributed by atoms with Gasteiger partial charge < -0.3 is 10.6 Å². The number of benzene rings is 2. The Labute approximate surface area is 167 Å². The molecule has 0 atom stereocenters. The number of hydrogen-bond donors (Lipinski definition) is 2. The molecular weight excluding hydrogens is 354 g/mol. The molecule has 0 unspecified atom stereocenters. The number of primary amides is 1. The van der Waals surface area contributed by atoms with Crippen molar-refractivity contribution >= 4 is 30.2 Å². The molecule has 0 fully saturated rings. The molecular formula is C22H29N3OS. The first kappa shape index (κ1) is 19.6. The molecule has 2 aromatic rings. The average molecular weight is 384 g/mol. The van der Waals surface area contributed by atoms with Gasteiger partial charge >= 0.3 is 6.03 Å². The third-order valence-electron chi connectivity index (χ3n) is 5.23. The monoisotopic (exact) mass is 383 g/mol. The van der Waals surface area contributed by atoms with Crippen molar-refractivity contribution in [3.8, 4) is 11.1 Å². The Bertz CT molecular complexity index is 813. The second-order valence-electron chi connectivity index (χ2n) is 7.20. The zero-order valence-electron chi connectivity index (χ0n) is 16.2. The van der Waals surface area contributed by atoms with Gasteiger partial charge in [-0.3, -0.25) is 0 Å². The highest BCUT2D eigenvalue weighted by Gasteiger charge is 2.21. The zero-order chi connectivity index (χ0) is 19.4. The number of nitrogens with zero attached hydrogens (tertiary/aromatic N) is 2. The Morgan fingerprint density at radius 1 is 0.963 bits per heavy atom. The van der Waals surface area contributed by atoms with Crippen LogP contribution in [0.15, 0.2) is 36.4 Å². The first-order chi connectivity index (χ1) is 13.0. The first-order valence-electron chi connectivity index (χ1n) is 9.84. The molecule has 3 rings (SSSR count). The van der Waals surface area contributed by atoms with Crippen LogP contribution in [-0.2, 0) is 6.42 Å². The predicted molar refractivity (Wildman–Crippen MR) is 118 cm³/mol. The third-order valence-corrected chi connectivity index (χ3v) is 5.66. The van der Waals surface area contributed by atoms with Crippen LogP contribution in [0, 0.1) is 0 Å². The molecule has 0 saturated heterocycles. The van der Waals surface area contributed by atoms with E-state index >= 15 is 0 Å². The number of fused-ring (bicyclic) bond motifs is 3. The SMILES string of the molecule is CCCCN(CCCC)c1ccc2c(c1)Cc1cc(N(S)C(N)=O)ccc1-2. The number of unbranched alkanes of at least 4 members (excludes halogenated alkanes) is 2. The Morgan fingerprint density at radius 3 is 2.00 bits per heavy atom. The maximum Gasteiger partial charge on any atom is 0.329 e. The molecule has 0 bridgehead atoms. The van der Waals surface area contributed by atoms with Gasteiger partial charge in [-0.25, -0.2) is 9.10 Å². The number of thiol groups is 1. The fraction of sp³-hybridized carbons (Fsp3) is 0.409. The van der Waals surface area contributed by atoms with E-state index in [4.69, 9.17) is 5.73 Å². The average Bonchev–Trinajstić information content (AvgIpc) is 3.04. The Morgan fingerprint density at radius 2 is 1.48 bits per heavy atom. The first-order valence-corrected chi connectivity index (χ1v) is 10.2. The molecule has 144 valence electrons. The summed E-state index contributed by atoms with van der Waals surface area (Å²) >= 11 is 4.18. The van der Waals surface area contributed by atoms with Gasteiger partial charge in [0.25, 0.3) is 0 Å². The van der Waals surface area contributed by atoms with E-state index < -0.39 is 6.03 Å². The molecule has 2 amide bonds. The molecule has 2 N–H and O–H groups in total. The summed E-state index contributed by atoms with van der Waals surface area (Å²) in [6, 6.07) is 12.2. The van der Waals surface area contributed by atoms with Gasteiger partial charge in [0.15, 0.2) is 0 Å². The van der Waals surface area contributed by atoms with Crippen LogP contribution >= 0.6 is 12.8 Å². The van der Waals surface area contributed by atoms with Crippen LogP contribution in [0.25, 0.3) is 11.1 Å². The molecule has 1 aliphatic carbocycles. The van der Waals surface area contributed by atoms with Crippen LogP contribution in [0.4, 0.5) is 16.2 Å². The van der Waals surface area contributed by atoms with Crippen LogP contribution in [0.1, 0.15) is 50.7 Å². The van der Waals surface area contributed by atoms with E-state index in [-0.39, 0.29) is 0 Å². The summed E-state index contributed by atoms with van der Waals surface area (Å²) in [6.07, 6.45) is 5.73. The number of rotatable bonds is 8. The fourth-order valence-corrected chi connectivity index (χ4v) is 3.83. The highest BCUT2D eigenvalue weighted by Crippen LogP contribution is 2.40. The molecule has 2 aromatic carbocycles. The standard InChI is InChI=1S/C22H29N3OS/c1-3-5-11-24(12-6-4-2)18-7-9-20-16(14-18)13-17-15-19(8-10-21(17)20)25(27)22(23)26/h7-10,14-15,27H,3-6,11-13H2,1-2H3,(H2,23,26). The number of nitrogens with two attached hydrogens (primary N) is 1. The summed E-state index contributed by atoms with van der Waals surface area (Å²) in [5.74, 6) is 0. The maximum absolute atomic E-state index is 11.4. The summed E-state index contributed by atoms with van der Waals surface area (Å²) in [5.41, 5.74) is 12.5. The highest BCUT2D eigenvalue weighted by atomic mass is 32.1. The third kappa shape index (κ3) is 4.24. The largest absolute Gasteiger partial charge is 0.372 e. The van der Waals surface area contributed by atoms with Gasteiger partial charge in [-0.2, -0.15) is 0 Å². The molecule has 4 nitrogen and oxygen atoms in total. The summed E-state index contributed by atoms with van der Waals surface area (Å²) in [5, 5.41) is 0. The van der Waals surface area contributed by atoms with Crippen molar-refractivity contribution in [3.63, 3.8) is 0 Å². The minimum atomic E-state index is -0.571. The predicted octanol–water partition coefficient (Wildman–Crippen LogP) is 5.39. The van der Waals surface area contributed by atoms with E-state index in [9.17, 15) is 4.79 Å². The van der Waals surface area contributed by atoms with E-state index in [1.807, 2.05) is 12.1 Å². The van der Waals surface area contributed by atoms with E-state index in [1.54, 1.807) is 0 Å². The van der Waals surface area contributed by atoms with Crippen LogP contribution in [0.3, 0.4) is 0 Å². The molecule has 5 heteroatoms. The number of amides is 2. The number of anilines is 2. The number of hydrogen-bond acceptors (Lipinski definition) is 3. The molecule has 0 radical (unpaired) electrons. The van der Waals surface area contributed by atoms with Crippen molar-refractivity contribution in [1.29, 1.82) is 0 Å². The van der Waals surface area contributed by atoms with Crippen molar-refractivity contribution in [2.24, 2.45) is 5.73 Å².